The summed E-state index contributed by atoms with van der Waals surface area (Å²) in [7, 11) is 0. The molecule has 114 valence electrons. The van der Waals surface area contributed by atoms with E-state index in [1.807, 2.05) is 6.92 Å². The lowest BCUT2D eigenvalue weighted by molar-refractivity contribution is -0.120. The number of rotatable bonds is 8. The monoisotopic (exact) mass is 283 g/mol. The van der Waals surface area contributed by atoms with Gasteiger partial charge in [0, 0.05) is 25.0 Å². The molecular formula is C13H25N5O2. The Labute approximate surface area is 119 Å². The van der Waals surface area contributed by atoms with Crippen LogP contribution in [0.15, 0.2) is 4.42 Å². The molecule has 7 nitrogen and oxygen atoms in total. The Hall–Kier alpha value is -1.63. The van der Waals surface area contributed by atoms with Crippen molar-refractivity contribution in [1.29, 1.82) is 0 Å². The minimum atomic E-state index is -0.000567. The van der Waals surface area contributed by atoms with Gasteiger partial charge in [0.25, 0.3) is 0 Å². The van der Waals surface area contributed by atoms with Crippen LogP contribution < -0.4 is 16.0 Å². The number of hydrogen-bond acceptors (Lipinski definition) is 6. The normalized spacial score (nSPS) is 11.4. The molecule has 20 heavy (non-hydrogen) atoms. The van der Waals surface area contributed by atoms with Crippen molar-refractivity contribution in [1.82, 2.24) is 20.8 Å². The maximum atomic E-state index is 11.4. The Bertz CT molecular complexity index is 411. The van der Waals surface area contributed by atoms with Crippen LogP contribution in [0.1, 0.15) is 46.4 Å². The van der Waals surface area contributed by atoms with E-state index in [2.05, 4.69) is 46.9 Å². The summed E-state index contributed by atoms with van der Waals surface area (Å²) in [6.45, 7) is 9.93. The van der Waals surface area contributed by atoms with Crippen molar-refractivity contribution in [2.75, 3.05) is 18.4 Å². The third kappa shape index (κ3) is 7.08. The Morgan fingerprint density at radius 1 is 1.25 bits per heavy atom. The van der Waals surface area contributed by atoms with Gasteiger partial charge in [0.2, 0.25) is 11.8 Å². The lowest BCUT2D eigenvalue weighted by Crippen LogP contribution is -2.35. The number of nitrogens with zero attached hydrogens (tertiary/aromatic N) is 2. The minimum absolute atomic E-state index is 0.000567. The molecule has 1 heterocycles. The molecule has 0 unspecified atom stereocenters. The largest absolute Gasteiger partial charge is 0.407 e. The van der Waals surface area contributed by atoms with E-state index in [-0.39, 0.29) is 11.4 Å². The molecule has 0 fully saturated rings. The number of carbonyl (C=O) groups excluding carboxylic acids is 1. The molecule has 7 heteroatoms. The Kier molecular flexibility index (Phi) is 6.44. The van der Waals surface area contributed by atoms with E-state index in [1.54, 1.807) is 0 Å². The fraction of sp³-hybridized carbons (Fsp3) is 0.769. The fourth-order valence-electron chi connectivity index (χ4n) is 1.37. The van der Waals surface area contributed by atoms with Gasteiger partial charge in [-0.3, -0.25) is 4.79 Å². The number of nitrogens with one attached hydrogen (secondary N) is 3. The quantitative estimate of drug-likeness (QED) is 0.666. The fourth-order valence-corrected chi connectivity index (χ4v) is 1.37. The summed E-state index contributed by atoms with van der Waals surface area (Å²) in [5.74, 6) is 0.548. The van der Waals surface area contributed by atoms with Gasteiger partial charge in [-0.05, 0) is 27.2 Å². The molecule has 1 amide bonds. The highest BCUT2D eigenvalue weighted by molar-refractivity contribution is 5.76. The Balaban J connectivity index is 2.25. The second-order valence-corrected chi connectivity index (χ2v) is 5.63. The first-order valence-electron chi connectivity index (χ1n) is 6.98. The maximum absolute atomic E-state index is 11.4. The lowest BCUT2D eigenvalue weighted by atomic mass is 10.1. The van der Waals surface area contributed by atoms with Gasteiger partial charge in [0.05, 0.1) is 6.54 Å². The van der Waals surface area contributed by atoms with Crippen molar-refractivity contribution >= 4 is 11.9 Å². The zero-order valence-corrected chi connectivity index (χ0v) is 12.7. The Morgan fingerprint density at radius 3 is 2.65 bits per heavy atom. The summed E-state index contributed by atoms with van der Waals surface area (Å²) in [5.41, 5.74) is -0.000567. The third-order valence-corrected chi connectivity index (χ3v) is 2.44. The molecule has 0 aliphatic heterocycles. The van der Waals surface area contributed by atoms with Crippen molar-refractivity contribution in [2.24, 2.45) is 0 Å². The van der Waals surface area contributed by atoms with Gasteiger partial charge in [-0.15, -0.1) is 5.10 Å². The zero-order chi connectivity index (χ0) is 15.0. The van der Waals surface area contributed by atoms with Crippen molar-refractivity contribution in [3.8, 4) is 0 Å². The number of aromatic nitrogens is 2. The van der Waals surface area contributed by atoms with E-state index in [9.17, 15) is 4.79 Å². The van der Waals surface area contributed by atoms with Crippen LogP contribution >= 0.6 is 0 Å². The molecule has 0 spiro atoms. The second-order valence-electron chi connectivity index (χ2n) is 5.63. The smallest absolute Gasteiger partial charge is 0.315 e. The highest BCUT2D eigenvalue weighted by atomic mass is 16.4. The van der Waals surface area contributed by atoms with Crippen LogP contribution in [0.3, 0.4) is 0 Å². The van der Waals surface area contributed by atoms with Crippen molar-refractivity contribution < 1.29 is 9.21 Å². The summed E-state index contributed by atoms with van der Waals surface area (Å²) in [6.07, 6.45) is 1.32. The zero-order valence-electron chi connectivity index (χ0n) is 12.7. The average Bonchev–Trinajstić information content (AvgIpc) is 2.81. The molecule has 0 aliphatic carbocycles. The van der Waals surface area contributed by atoms with Crippen LogP contribution in [-0.2, 0) is 11.3 Å². The summed E-state index contributed by atoms with van der Waals surface area (Å²) < 4.78 is 5.41. The Morgan fingerprint density at radius 2 is 2.00 bits per heavy atom. The van der Waals surface area contributed by atoms with E-state index < -0.39 is 0 Å². The minimum Gasteiger partial charge on any atom is -0.407 e. The maximum Gasteiger partial charge on any atom is 0.315 e. The number of anilines is 1. The van der Waals surface area contributed by atoms with Crippen molar-refractivity contribution in [2.45, 2.75) is 52.6 Å². The van der Waals surface area contributed by atoms with Crippen LogP contribution in [0.4, 0.5) is 6.01 Å². The predicted octanol–water partition coefficient (Wildman–Crippen LogP) is 1.29. The molecule has 1 rings (SSSR count). The highest BCUT2D eigenvalue weighted by Crippen LogP contribution is 2.07. The molecule has 1 aromatic heterocycles. The standard InChI is InChI=1S/C13H25N5O2/c1-5-7-14-10(19)6-8-15-12-18-17-11(20-12)9-16-13(2,3)4/h16H,5-9H2,1-4H3,(H,14,19)(H,15,18). The molecule has 0 saturated carbocycles. The summed E-state index contributed by atoms with van der Waals surface area (Å²) in [6, 6.07) is 0.346. The lowest BCUT2D eigenvalue weighted by Gasteiger charge is -2.18. The summed E-state index contributed by atoms with van der Waals surface area (Å²) in [5, 5.41) is 16.8. The molecule has 0 saturated heterocycles. The number of carbonyl (C=O) groups is 1. The van der Waals surface area contributed by atoms with Gasteiger partial charge in [-0.25, -0.2) is 0 Å². The topological polar surface area (TPSA) is 92.1 Å². The van der Waals surface area contributed by atoms with E-state index >= 15 is 0 Å². The van der Waals surface area contributed by atoms with Crippen LogP contribution in [0, 0.1) is 0 Å². The van der Waals surface area contributed by atoms with E-state index in [1.165, 1.54) is 0 Å². The van der Waals surface area contributed by atoms with Crippen LogP contribution in [0.5, 0.6) is 0 Å². The van der Waals surface area contributed by atoms with Gasteiger partial charge in [0.15, 0.2) is 0 Å². The first kappa shape index (κ1) is 16.4. The second kappa shape index (κ2) is 7.84. The van der Waals surface area contributed by atoms with E-state index in [4.69, 9.17) is 4.42 Å². The van der Waals surface area contributed by atoms with Gasteiger partial charge in [-0.1, -0.05) is 12.0 Å². The van der Waals surface area contributed by atoms with Gasteiger partial charge in [0.1, 0.15) is 0 Å². The van der Waals surface area contributed by atoms with Crippen LogP contribution in [-0.4, -0.2) is 34.7 Å². The molecule has 0 radical (unpaired) electrons. The number of hydrogen-bond donors (Lipinski definition) is 3. The molecule has 1 aromatic rings. The van der Waals surface area contributed by atoms with Gasteiger partial charge in [-0.2, -0.15) is 0 Å². The first-order valence-corrected chi connectivity index (χ1v) is 6.98. The van der Waals surface area contributed by atoms with Crippen molar-refractivity contribution in [3.05, 3.63) is 5.89 Å². The van der Waals surface area contributed by atoms with E-state index in [0.717, 1.165) is 6.42 Å². The van der Waals surface area contributed by atoms with Gasteiger partial charge < -0.3 is 20.4 Å². The predicted molar refractivity (Wildman–Crippen MR) is 77.3 cm³/mol. The van der Waals surface area contributed by atoms with E-state index in [0.29, 0.717) is 38.0 Å². The molecular weight excluding hydrogens is 258 g/mol. The first-order chi connectivity index (χ1) is 9.40. The summed E-state index contributed by atoms with van der Waals surface area (Å²) >= 11 is 0. The molecule has 0 aromatic carbocycles. The van der Waals surface area contributed by atoms with Gasteiger partial charge >= 0.3 is 6.01 Å². The van der Waals surface area contributed by atoms with Crippen molar-refractivity contribution in [3.63, 3.8) is 0 Å². The van der Waals surface area contributed by atoms with Crippen LogP contribution in [0.2, 0.25) is 0 Å². The average molecular weight is 283 g/mol. The molecule has 0 aliphatic rings. The highest BCUT2D eigenvalue weighted by Gasteiger charge is 2.12. The third-order valence-electron chi connectivity index (χ3n) is 2.44. The SMILES string of the molecule is CCCNC(=O)CCNc1nnc(CNC(C)(C)C)o1. The molecule has 0 atom stereocenters. The molecule has 0 bridgehead atoms. The number of amides is 1. The molecule has 3 N–H and O–H groups in total. The summed E-state index contributed by atoms with van der Waals surface area (Å²) in [4.78, 5) is 11.4. The van der Waals surface area contributed by atoms with Crippen LogP contribution in [0.25, 0.3) is 0 Å².